The maximum Gasteiger partial charge on any atom is 0.144 e. The molecule has 0 radical (unpaired) electrons. The largest absolute Gasteiger partial charge is 0.410 e. The van der Waals surface area contributed by atoms with Gasteiger partial charge in [0.15, 0.2) is 0 Å². The number of hydrogen-bond acceptors (Lipinski definition) is 3. The average molecular weight is 364 g/mol. The smallest absolute Gasteiger partial charge is 0.144 e. The van der Waals surface area contributed by atoms with Crippen molar-refractivity contribution in [1.29, 1.82) is 0 Å². The van der Waals surface area contributed by atoms with Gasteiger partial charge in [-0.15, -0.1) is 0 Å². The number of H-pyrrole nitrogens is 1. The molecule has 1 aliphatic carbocycles. The third kappa shape index (κ3) is 2.01. The number of hydrogen-bond donors (Lipinski definition) is 2. The number of nitrogens with zero attached hydrogens (tertiary/aromatic N) is 2. The number of halogens is 2. The van der Waals surface area contributed by atoms with Gasteiger partial charge in [-0.05, 0) is 17.2 Å². The molecule has 0 amide bonds. The fraction of sp³-hybridized carbons (Fsp3) is 0. The van der Waals surface area contributed by atoms with E-state index in [1.807, 2.05) is 42.5 Å². The van der Waals surface area contributed by atoms with E-state index in [0.29, 0.717) is 22.6 Å². The first-order chi connectivity index (χ1) is 12.7. The van der Waals surface area contributed by atoms with Crippen molar-refractivity contribution in [3.8, 4) is 22.5 Å². The Morgan fingerprint density at radius 1 is 0.962 bits per heavy atom. The monoisotopic (exact) mass is 363 g/mol. The molecule has 4 aromatic rings. The molecule has 26 heavy (non-hydrogen) atoms. The second-order valence-electron chi connectivity index (χ2n) is 6.09. The highest BCUT2D eigenvalue weighted by atomic mass is 35.5. The summed E-state index contributed by atoms with van der Waals surface area (Å²) in [6.45, 7) is 0. The molecule has 4 nitrogen and oxygen atoms in total. The van der Waals surface area contributed by atoms with Crippen LogP contribution in [0, 0.1) is 5.82 Å². The Hall–Kier alpha value is -3.18. The number of aromatic nitrogens is 2. The molecule has 0 bridgehead atoms. The van der Waals surface area contributed by atoms with Gasteiger partial charge in [0.1, 0.15) is 17.4 Å². The molecule has 0 atom stereocenters. The topological polar surface area (TPSA) is 61.3 Å². The van der Waals surface area contributed by atoms with Crippen molar-refractivity contribution in [2.24, 2.45) is 5.16 Å². The number of imidazole rings is 1. The van der Waals surface area contributed by atoms with E-state index in [0.717, 1.165) is 27.8 Å². The van der Waals surface area contributed by atoms with Crippen LogP contribution >= 0.6 is 11.6 Å². The minimum absolute atomic E-state index is 0.0380. The van der Waals surface area contributed by atoms with Crippen molar-refractivity contribution >= 4 is 28.3 Å². The van der Waals surface area contributed by atoms with Crippen LogP contribution in [0.3, 0.4) is 0 Å². The van der Waals surface area contributed by atoms with Crippen LogP contribution in [0.4, 0.5) is 4.39 Å². The SMILES string of the molecule is ON=C1c2ccccc2-c2cccc(-c3nc4cc(F)c(Cl)cc4[nH]3)c21. The summed E-state index contributed by atoms with van der Waals surface area (Å²) in [6.07, 6.45) is 0. The normalized spacial score (nSPS) is 14.0. The molecule has 0 spiro atoms. The minimum Gasteiger partial charge on any atom is -0.410 e. The van der Waals surface area contributed by atoms with E-state index in [2.05, 4.69) is 15.1 Å². The van der Waals surface area contributed by atoms with E-state index in [1.165, 1.54) is 12.1 Å². The van der Waals surface area contributed by atoms with Crippen LogP contribution < -0.4 is 0 Å². The molecule has 2 N–H and O–H groups in total. The van der Waals surface area contributed by atoms with E-state index < -0.39 is 5.82 Å². The van der Waals surface area contributed by atoms with Crippen LogP contribution in [0.25, 0.3) is 33.5 Å². The molecular formula is C20H11ClFN3O. The molecule has 0 aliphatic heterocycles. The molecule has 6 heteroatoms. The summed E-state index contributed by atoms with van der Waals surface area (Å²) in [5.74, 6) is 0.0491. The van der Waals surface area contributed by atoms with E-state index in [-0.39, 0.29) is 5.02 Å². The molecule has 0 fully saturated rings. The van der Waals surface area contributed by atoms with Crippen molar-refractivity contribution in [2.45, 2.75) is 0 Å². The molecule has 3 aromatic carbocycles. The average Bonchev–Trinajstić information content (AvgIpc) is 3.20. The molecule has 1 aromatic heterocycles. The van der Waals surface area contributed by atoms with Crippen LogP contribution in [0.1, 0.15) is 11.1 Å². The number of rotatable bonds is 1. The quantitative estimate of drug-likeness (QED) is 0.316. The molecule has 0 saturated carbocycles. The van der Waals surface area contributed by atoms with E-state index in [9.17, 15) is 9.60 Å². The van der Waals surface area contributed by atoms with Crippen molar-refractivity contribution in [3.63, 3.8) is 0 Å². The second-order valence-corrected chi connectivity index (χ2v) is 6.50. The second kappa shape index (κ2) is 5.41. The van der Waals surface area contributed by atoms with Gasteiger partial charge in [-0.25, -0.2) is 9.37 Å². The highest BCUT2D eigenvalue weighted by Crippen LogP contribution is 2.41. The summed E-state index contributed by atoms with van der Waals surface area (Å²) < 4.78 is 13.7. The van der Waals surface area contributed by atoms with Gasteiger partial charge in [-0.2, -0.15) is 0 Å². The predicted molar refractivity (Wildman–Crippen MR) is 99.4 cm³/mol. The van der Waals surface area contributed by atoms with Crippen molar-refractivity contribution in [2.75, 3.05) is 0 Å². The number of benzene rings is 3. The fourth-order valence-electron chi connectivity index (χ4n) is 3.52. The highest BCUT2D eigenvalue weighted by Gasteiger charge is 2.28. The summed E-state index contributed by atoms with van der Waals surface area (Å²) in [4.78, 5) is 7.69. The lowest BCUT2D eigenvalue weighted by Gasteiger charge is -2.06. The minimum atomic E-state index is -0.513. The number of aromatic amines is 1. The van der Waals surface area contributed by atoms with Crippen LogP contribution in [0.15, 0.2) is 59.8 Å². The Balaban J connectivity index is 1.79. The molecule has 0 unspecified atom stereocenters. The summed E-state index contributed by atoms with van der Waals surface area (Å²) in [7, 11) is 0. The lowest BCUT2D eigenvalue weighted by atomic mass is 10.00. The van der Waals surface area contributed by atoms with Crippen LogP contribution in [-0.4, -0.2) is 20.9 Å². The maximum atomic E-state index is 13.7. The molecule has 5 rings (SSSR count). The predicted octanol–water partition coefficient (Wildman–Crippen LogP) is 5.23. The zero-order valence-electron chi connectivity index (χ0n) is 13.3. The van der Waals surface area contributed by atoms with Crippen molar-refractivity contribution < 1.29 is 9.60 Å². The zero-order valence-corrected chi connectivity index (χ0v) is 14.0. The Morgan fingerprint density at radius 2 is 1.69 bits per heavy atom. The molecule has 0 saturated heterocycles. The first-order valence-corrected chi connectivity index (χ1v) is 8.35. The lowest BCUT2D eigenvalue weighted by molar-refractivity contribution is 0.320. The van der Waals surface area contributed by atoms with Crippen LogP contribution in [0.5, 0.6) is 0 Å². The van der Waals surface area contributed by atoms with Gasteiger partial charge in [-0.3, -0.25) is 0 Å². The fourth-order valence-corrected chi connectivity index (χ4v) is 3.69. The summed E-state index contributed by atoms with van der Waals surface area (Å²) in [6, 6.07) is 16.4. The Kier molecular flexibility index (Phi) is 3.14. The zero-order chi connectivity index (χ0) is 17.8. The standard InChI is InChI=1S/C20H11ClFN3O/c21-14-8-16-17(9-15(14)22)24-20(23-16)13-7-3-6-11-10-4-1-2-5-12(10)19(25-26)18(11)13/h1-9,26H,(H,23,24). The van der Waals surface area contributed by atoms with Gasteiger partial charge in [0, 0.05) is 22.8 Å². The molecular weight excluding hydrogens is 353 g/mol. The number of oxime groups is 1. The van der Waals surface area contributed by atoms with Gasteiger partial charge in [0.2, 0.25) is 0 Å². The van der Waals surface area contributed by atoms with Gasteiger partial charge in [0.25, 0.3) is 0 Å². The third-order valence-corrected chi connectivity index (χ3v) is 4.94. The summed E-state index contributed by atoms with van der Waals surface area (Å²) >= 11 is 5.87. The van der Waals surface area contributed by atoms with E-state index in [1.54, 1.807) is 0 Å². The van der Waals surface area contributed by atoms with Crippen molar-refractivity contribution in [3.05, 3.63) is 76.6 Å². The summed E-state index contributed by atoms with van der Waals surface area (Å²) in [5.41, 5.74) is 6.02. The Bertz CT molecular complexity index is 1190. The van der Waals surface area contributed by atoms with Gasteiger partial charge < -0.3 is 10.2 Å². The first kappa shape index (κ1) is 15.1. The van der Waals surface area contributed by atoms with E-state index in [4.69, 9.17) is 11.6 Å². The van der Waals surface area contributed by atoms with Crippen molar-refractivity contribution in [1.82, 2.24) is 9.97 Å². The first-order valence-electron chi connectivity index (χ1n) is 7.97. The van der Waals surface area contributed by atoms with Gasteiger partial charge in [0.05, 0.1) is 16.1 Å². The summed E-state index contributed by atoms with van der Waals surface area (Å²) in [5, 5.41) is 13.2. The van der Waals surface area contributed by atoms with E-state index >= 15 is 0 Å². The van der Waals surface area contributed by atoms with Crippen LogP contribution in [-0.2, 0) is 0 Å². The Morgan fingerprint density at radius 3 is 2.50 bits per heavy atom. The lowest BCUT2D eigenvalue weighted by Crippen LogP contribution is -2.01. The van der Waals surface area contributed by atoms with Gasteiger partial charge in [-0.1, -0.05) is 59.2 Å². The molecule has 1 aliphatic rings. The number of fused-ring (bicyclic) bond motifs is 4. The number of nitrogens with one attached hydrogen (secondary N) is 1. The third-order valence-electron chi connectivity index (χ3n) is 4.65. The van der Waals surface area contributed by atoms with Crippen LogP contribution in [0.2, 0.25) is 5.02 Å². The van der Waals surface area contributed by atoms with Gasteiger partial charge >= 0.3 is 0 Å². The highest BCUT2D eigenvalue weighted by molar-refractivity contribution is 6.31. The molecule has 126 valence electrons. The maximum absolute atomic E-state index is 13.7. The molecule has 1 heterocycles. The Labute approximate surface area is 152 Å².